The van der Waals surface area contributed by atoms with Crippen LogP contribution in [0, 0.1) is 17.2 Å². The highest BCUT2D eigenvalue weighted by Gasteiger charge is 2.27. The maximum atomic E-state index is 12.8. The van der Waals surface area contributed by atoms with Crippen LogP contribution in [-0.4, -0.2) is 36.5 Å². The fraction of sp³-hybridized carbons (Fsp3) is 0.292. The van der Waals surface area contributed by atoms with Gasteiger partial charge in [0.1, 0.15) is 30.2 Å². The highest BCUT2D eigenvalue weighted by atomic mass is 16.5. The van der Waals surface area contributed by atoms with Gasteiger partial charge in [0, 0.05) is 29.6 Å². The van der Waals surface area contributed by atoms with Crippen molar-refractivity contribution in [3.05, 3.63) is 65.5 Å². The number of benzene rings is 1. The van der Waals surface area contributed by atoms with Gasteiger partial charge in [-0.05, 0) is 30.2 Å². The third-order valence-electron chi connectivity index (χ3n) is 5.06. The number of nitrogens with one attached hydrogen (secondary N) is 1. The summed E-state index contributed by atoms with van der Waals surface area (Å²) in [5.74, 6) is -0.332. The van der Waals surface area contributed by atoms with Gasteiger partial charge in [-0.15, -0.1) is 0 Å². The normalized spacial score (nSPS) is 11.6. The van der Waals surface area contributed by atoms with Crippen LogP contribution in [0.2, 0.25) is 0 Å². The minimum atomic E-state index is -0.873. The Balaban J connectivity index is 1.74. The average Bonchev–Trinajstić information content (AvgIpc) is 3.17. The molecule has 3 rings (SSSR count). The summed E-state index contributed by atoms with van der Waals surface area (Å²) in [7, 11) is 2.98. The number of nitrogens with zero attached hydrogens (tertiary/aromatic N) is 2. The fourth-order valence-electron chi connectivity index (χ4n) is 3.32. The molecule has 0 aliphatic rings. The number of rotatable bonds is 8. The molecular weight excluding hydrogens is 410 g/mol. The lowest BCUT2D eigenvalue weighted by atomic mass is 10.0. The smallest absolute Gasteiger partial charge is 0.329 e. The van der Waals surface area contributed by atoms with E-state index in [2.05, 4.69) is 11.4 Å². The van der Waals surface area contributed by atoms with E-state index in [0.717, 1.165) is 5.52 Å². The molecule has 1 amide bonds. The topological polar surface area (TPSA) is 102 Å². The van der Waals surface area contributed by atoms with Gasteiger partial charge < -0.3 is 23.9 Å². The van der Waals surface area contributed by atoms with Crippen LogP contribution in [-0.2, 0) is 16.1 Å². The highest BCUT2D eigenvalue weighted by molar-refractivity contribution is 5.97. The molecule has 0 aliphatic heterocycles. The predicted octanol–water partition coefficient (Wildman–Crippen LogP) is 3.33. The Bertz CT molecular complexity index is 1150. The Morgan fingerprint density at radius 1 is 1.12 bits per heavy atom. The molecule has 1 N–H and O–H groups in total. The van der Waals surface area contributed by atoms with Crippen molar-refractivity contribution in [2.45, 2.75) is 26.5 Å². The summed E-state index contributed by atoms with van der Waals surface area (Å²) in [4.78, 5) is 25.6. The predicted molar refractivity (Wildman–Crippen MR) is 118 cm³/mol. The fourth-order valence-corrected chi connectivity index (χ4v) is 3.32. The molecule has 1 aromatic carbocycles. The summed E-state index contributed by atoms with van der Waals surface area (Å²) >= 11 is 0. The first-order valence-corrected chi connectivity index (χ1v) is 10.1. The molecule has 8 heteroatoms. The van der Waals surface area contributed by atoms with Crippen LogP contribution in [0.5, 0.6) is 11.5 Å². The van der Waals surface area contributed by atoms with E-state index in [1.165, 1.54) is 14.2 Å². The number of methoxy groups -OCH3 is 2. The van der Waals surface area contributed by atoms with Crippen molar-refractivity contribution >= 4 is 17.4 Å². The maximum Gasteiger partial charge on any atom is 0.329 e. The van der Waals surface area contributed by atoms with Gasteiger partial charge in [0.15, 0.2) is 0 Å². The van der Waals surface area contributed by atoms with Crippen LogP contribution < -0.4 is 14.8 Å². The summed E-state index contributed by atoms with van der Waals surface area (Å²) in [6.07, 6.45) is 3.58. The molecule has 0 saturated carbocycles. The zero-order valence-corrected chi connectivity index (χ0v) is 18.4. The lowest BCUT2D eigenvalue weighted by Gasteiger charge is -2.21. The number of amides is 1. The molecule has 0 radical (unpaired) electrons. The molecule has 2 heterocycles. The average molecular weight is 435 g/mol. The van der Waals surface area contributed by atoms with Crippen LogP contribution in [0.4, 0.5) is 0 Å². The number of aromatic nitrogens is 1. The van der Waals surface area contributed by atoms with Gasteiger partial charge in [-0.2, -0.15) is 5.26 Å². The largest absolute Gasteiger partial charge is 0.497 e. The van der Waals surface area contributed by atoms with Crippen molar-refractivity contribution in [1.29, 1.82) is 5.26 Å². The molecule has 8 nitrogen and oxygen atoms in total. The monoisotopic (exact) mass is 435 g/mol. The number of fused-ring (bicyclic) bond motifs is 1. The maximum absolute atomic E-state index is 12.8. The van der Waals surface area contributed by atoms with Crippen LogP contribution in [0.1, 0.15) is 35.3 Å². The van der Waals surface area contributed by atoms with Gasteiger partial charge in [-0.1, -0.05) is 19.9 Å². The van der Waals surface area contributed by atoms with E-state index in [0.29, 0.717) is 28.2 Å². The Kier molecular flexibility index (Phi) is 7.00. The van der Waals surface area contributed by atoms with Crippen LogP contribution in [0.15, 0.2) is 48.8 Å². The number of hydrogen-bond donors (Lipinski definition) is 1. The molecule has 0 saturated heterocycles. The number of carbonyl (C=O) groups is 2. The van der Waals surface area contributed by atoms with E-state index in [4.69, 9.17) is 14.2 Å². The van der Waals surface area contributed by atoms with Gasteiger partial charge in [-0.25, -0.2) is 4.79 Å². The van der Waals surface area contributed by atoms with E-state index in [1.54, 1.807) is 28.8 Å². The van der Waals surface area contributed by atoms with Crippen LogP contribution >= 0.6 is 0 Å². The summed E-state index contributed by atoms with van der Waals surface area (Å²) in [6, 6.07) is 11.6. The molecule has 0 bridgehead atoms. The van der Waals surface area contributed by atoms with Gasteiger partial charge in [0.25, 0.3) is 5.91 Å². The highest BCUT2D eigenvalue weighted by Crippen LogP contribution is 2.23. The Morgan fingerprint density at radius 2 is 1.81 bits per heavy atom. The first-order chi connectivity index (χ1) is 15.4. The van der Waals surface area contributed by atoms with Gasteiger partial charge in [-0.3, -0.25) is 4.79 Å². The van der Waals surface area contributed by atoms with Crippen LogP contribution in [0.25, 0.3) is 5.52 Å². The summed E-state index contributed by atoms with van der Waals surface area (Å²) in [5, 5.41) is 12.2. The van der Waals surface area contributed by atoms with E-state index in [-0.39, 0.29) is 12.5 Å². The summed E-state index contributed by atoms with van der Waals surface area (Å²) in [6.45, 7) is 3.55. The second-order valence-electron chi connectivity index (χ2n) is 7.54. The zero-order valence-electron chi connectivity index (χ0n) is 18.4. The number of nitriles is 1. The molecule has 2 aromatic heterocycles. The van der Waals surface area contributed by atoms with Gasteiger partial charge in [0.05, 0.1) is 25.3 Å². The van der Waals surface area contributed by atoms with Gasteiger partial charge >= 0.3 is 5.97 Å². The molecule has 0 fully saturated rings. The molecular formula is C24H25N3O5. The number of ether oxygens (including phenoxy) is 3. The quantitative estimate of drug-likeness (QED) is 0.545. The van der Waals surface area contributed by atoms with Crippen molar-refractivity contribution in [2.24, 2.45) is 5.92 Å². The Labute approximate surface area is 186 Å². The molecule has 0 unspecified atom stereocenters. The molecule has 166 valence electrons. The first kappa shape index (κ1) is 22.7. The number of esters is 1. The van der Waals surface area contributed by atoms with E-state index < -0.39 is 17.9 Å². The second kappa shape index (κ2) is 9.88. The van der Waals surface area contributed by atoms with Gasteiger partial charge in [0.2, 0.25) is 0 Å². The zero-order chi connectivity index (χ0) is 23.3. The summed E-state index contributed by atoms with van der Waals surface area (Å²) in [5.41, 5.74) is 2.08. The third kappa shape index (κ3) is 4.83. The molecule has 0 aliphatic carbocycles. The molecule has 0 spiro atoms. The third-order valence-corrected chi connectivity index (χ3v) is 5.06. The summed E-state index contributed by atoms with van der Waals surface area (Å²) < 4.78 is 17.7. The van der Waals surface area contributed by atoms with Crippen LogP contribution in [0.3, 0.4) is 0 Å². The molecule has 3 aromatic rings. The SMILES string of the molecule is COc1cc(OC)cc(C(=O)N[C@@H](C(=O)OCc2cn3ccccc3c2C#N)C(C)C)c1. The Morgan fingerprint density at radius 3 is 2.41 bits per heavy atom. The Hall–Kier alpha value is -3.99. The van der Waals surface area contributed by atoms with Crippen molar-refractivity contribution < 1.29 is 23.8 Å². The lowest BCUT2D eigenvalue weighted by Crippen LogP contribution is -2.45. The number of pyridine rings is 1. The molecule has 32 heavy (non-hydrogen) atoms. The second-order valence-corrected chi connectivity index (χ2v) is 7.54. The number of carbonyl (C=O) groups excluding carboxylic acids is 2. The standard InChI is InChI=1S/C24H25N3O5/c1-15(2)22(26-23(28)16-9-18(30-3)11-19(10-16)31-4)24(29)32-14-17-13-27-8-6-5-7-21(27)20(17)12-25/h5-11,13,15,22H,14H2,1-4H3,(H,26,28)/t22-/m1/s1. The van der Waals surface area contributed by atoms with Crippen molar-refractivity contribution in [3.8, 4) is 17.6 Å². The molecule has 1 atom stereocenters. The van der Waals surface area contributed by atoms with E-state index >= 15 is 0 Å². The lowest BCUT2D eigenvalue weighted by molar-refractivity contribution is -0.148. The first-order valence-electron chi connectivity index (χ1n) is 10.1. The van der Waals surface area contributed by atoms with E-state index in [1.807, 2.05) is 38.2 Å². The number of hydrogen-bond acceptors (Lipinski definition) is 6. The minimum absolute atomic E-state index is 0.0739. The minimum Gasteiger partial charge on any atom is -0.497 e. The van der Waals surface area contributed by atoms with Crippen molar-refractivity contribution in [3.63, 3.8) is 0 Å². The van der Waals surface area contributed by atoms with Crippen molar-refractivity contribution in [2.75, 3.05) is 14.2 Å². The van der Waals surface area contributed by atoms with Crippen molar-refractivity contribution in [1.82, 2.24) is 9.72 Å². The van der Waals surface area contributed by atoms with E-state index in [9.17, 15) is 14.9 Å².